The predicted octanol–water partition coefficient (Wildman–Crippen LogP) is 4.13. The second-order valence-corrected chi connectivity index (χ2v) is 6.52. The van der Waals surface area contributed by atoms with Gasteiger partial charge in [-0.3, -0.25) is 4.79 Å². The van der Waals surface area contributed by atoms with Crippen molar-refractivity contribution in [3.63, 3.8) is 0 Å². The summed E-state index contributed by atoms with van der Waals surface area (Å²) in [5.74, 6) is -0.0668. The topological polar surface area (TPSA) is 38.3 Å². The number of benzene rings is 2. The molecule has 0 fully saturated rings. The highest BCUT2D eigenvalue weighted by molar-refractivity contribution is 9.10. The molecule has 0 aromatic heterocycles. The molecule has 3 nitrogen and oxygen atoms in total. The van der Waals surface area contributed by atoms with Crippen molar-refractivity contribution in [2.75, 3.05) is 19.0 Å². The number of rotatable bonds is 6. The van der Waals surface area contributed by atoms with Crippen molar-refractivity contribution in [2.24, 2.45) is 0 Å². The Kier molecular flexibility index (Phi) is 6.21. The Labute approximate surface area is 141 Å². The average Bonchev–Trinajstić information content (AvgIpc) is 2.47. The van der Waals surface area contributed by atoms with Gasteiger partial charge in [-0.1, -0.05) is 44.0 Å². The molecule has 0 spiro atoms. The number of alkyl halides is 1. The van der Waals surface area contributed by atoms with E-state index in [4.69, 9.17) is 4.74 Å². The van der Waals surface area contributed by atoms with E-state index in [1.165, 1.54) is 0 Å². The summed E-state index contributed by atoms with van der Waals surface area (Å²) in [5, 5.41) is 5.99. The van der Waals surface area contributed by atoms with Gasteiger partial charge in [0, 0.05) is 22.5 Å². The van der Waals surface area contributed by atoms with Crippen molar-refractivity contribution < 1.29 is 9.53 Å². The van der Waals surface area contributed by atoms with Gasteiger partial charge in [-0.05, 0) is 41.5 Å². The molecule has 1 N–H and O–H groups in total. The normalized spacial score (nSPS) is 12.3. The Bertz CT molecular complexity index is 625. The summed E-state index contributed by atoms with van der Waals surface area (Å²) in [7, 11) is 1.64. The van der Waals surface area contributed by atoms with E-state index in [2.05, 4.69) is 37.2 Å². The number of amides is 1. The number of nitrogens with one attached hydrogen (secondary N) is 1. The summed E-state index contributed by atoms with van der Waals surface area (Å²) < 4.78 is 6.17. The molecule has 112 valence electrons. The predicted molar refractivity (Wildman–Crippen MR) is 93.2 cm³/mol. The maximum Gasteiger partial charge on any atom is 0.251 e. The van der Waals surface area contributed by atoms with Crippen LogP contribution < -0.4 is 5.32 Å². The fourth-order valence-electron chi connectivity index (χ4n) is 2.16. The van der Waals surface area contributed by atoms with Gasteiger partial charge in [0.15, 0.2) is 0 Å². The quantitative estimate of drug-likeness (QED) is 0.721. The Morgan fingerprint density at radius 1 is 1.24 bits per heavy atom. The minimum absolute atomic E-state index is 0.0162. The van der Waals surface area contributed by atoms with E-state index in [1.54, 1.807) is 7.11 Å². The molecule has 21 heavy (non-hydrogen) atoms. The van der Waals surface area contributed by atoms with Crippen LogP contribution >= 0.6 is 31.9 Å². The fourth-order valence-corrected chi connectivity index (χ4v) is 3.09. The SMILES string of the molecule is COCC(CCBr)NC(=O)c1ccc2cc(Br)ccc2c1. The van der Waals surface area contributed by atoms with E-state index in [0.29, 0.717) is 12.2 Å². The lowest BCUT2D eigenvalue weighted by Gasteiger charge is -2.17. The molecule has 5 heteroatoms. The van der Waals surface area contributed by atoms with E-state index >= 15 is 0 Å². The van der Waals surface area contributed by atoms with Crippen molar-refractivity contribution in [2.45, 2.75) is 12.5 Å². The maximum atomic E-state index is 12.3. The standard InChI is InChI=1S/C16H17Br2NO2/c1-21-10-15(6-7-17)19-16(20)13-3-2-12-9-14(18)5-4-11(12)8-13/h2-5,8-9,15H,6-7,10H2,1H3,(H,19,20). The van der Waals surface area contributed by atoms with Gasteiger partial charge in [0.05, 0.1) is 12.6 Å². The van der Waals surface area contributed by atoms with Gasteiger partial charge in [0.2, 0.25) is 0 Å². The van der Waals surface area contributed by atoms with Crippen LogP contribution in [0.4, 0.5) is 0 Å². The molecule has 1 unspecified atom stereocenters. The van der Waals surface area contributed by atoms with Crippen LogP contribution in [0.1, 0.15) is 16.8 Å². The lowest BCUT2D eigenvalue weighted by atomic mass is 10.1. The second-order valence-electron chi connectivity index (χ2n) is 4.81. The van der Waals surface area contributed by atoms with E-state index in [9.17, 15) is 4.79 Å². The summed E-state index contributed by atoms with van der Waals surface area (Å²) in [6.07, 6.45) is 0.833. The van der Waals surface area contributed by atoms with Gasteiger partial charge in [-0.25, -0.2) is 0 Å². The first-order chi connectivity index (χ1) is 10.1. The summed E-state index contributed by atoms with van der Waals surface area (Å²) in [6.45, 7) is 0.512. The number of carbonyl (C=O) groups is 1. The van der Waals surface area contributed by atoms with Crippen LogP contribution in [0.2, 0.25) is 0 Å². The van der Waals surface area contributed by atoms with Gasteiger partial charge < -0.3 is 10.1 Å². The Balaban J connectivity index is 2.16. The number of fused-ring (bicyclic) bond motifs is 1. The van der Waals surface area contributed by atoms with E-state index in [-0.39, 0.29) is 11.9 Å². The third-order valence-electron chi connectivity index (χ3n) is 3.23. The number of hydrogen-bond acceptors (Lipinski definition) is 2. The van der Waals surface area contributed by atoms with Crippen molar-refractivity contribution >= 4 is 48.5 Å². The molecule has 0 aliphatic rings. The van der Waals surface area contributed by atoms with Crippen LogP contribution in [-0.2, 0) is 4.74 Å². The maximum absolute atomic E-state index is 12.3. The number of carbonyl (C=O) groups excluding carboxylic acids is 1. The van der Waals surface area contributed by atoms with Gasteiger partial charge >= 0.3 is 0 Å². The molecule has 0 saturated carbocycles. The summed E-state index contributed by atoms with van der Waals surface area (Å²) >= 11 is 6.84. The first kappa shape index (κ1) is 16.5. The second kappa shape index (κ2) is 7.92. The zero-order valence-electron chi connectivity index (χ0n) is 11.7. The van der Waals surface area contributed by atoms with Crippen LogP contribution in [0.15, 0.2) is 40.9 Å². The molecule has 0 saturated heterocycles. The summed E-state index contributed by atoms with van der Waals surface area (Å²) in [5.41, 5.74) is 0.667. The van der Waals surface area contributed by atoms with Crippen LogP contribution in [0.5, 0.6) is 0 Å². The molecule has 0 aliphatic carbocycles. The van der Waals surface area contributed by atoms with Crippen LogP contribution in [0.25, 0.3) is 10.8 Å². The first-order valence-corrected chi connectivity index (χ1v) is 8.60. The first-order valence-electron chi connectivity index (χ1n) is 6.69. The molecular formula is C16H17Br2NO2. The Morgan fingerprint density at radius 3 is 2.67 bits per heavy atom. The van der Waals surface area contributed by atoms with Gasteiger partial charge in [0.1, 0.15) is 0 Å². The van der Waals surface area contributed by atoms with Gasteiger partial charge in [-0.15, -0.1) is 0 Å². The lowest BCUT2D eigenvalue weighted by Crippen LogP contribution is -2.38. The number of ether oxygens (including phenoxy) is 1. The van der Waals surface area contributed by atoms with E-state index < -0.39 is 0 Å². The van der Waals surface area contributed by atoms with Gasteiger partial charge in [-0.2, -0.15) is 0 Å². The highest BCUT2D eigenvalue weighted by Crippen LogP contribution is 2.21. The summed E-state index contributed by atoms with van der Waals surface area (Å²) in [4.78, 5) is 12.3. The minimum atomic E-state index is -0.0668. The highest BCUT2D eigenvalue weighted by atomic mass is 79.9. The lowest BCUT2D eigenvalue weighted by molar-refractivity contribution is 0.0895. The third kappa shape index (κ3) is 4.53. The number of hydrogen-bond donors (Lipinski definition) is 1. The Hall–Kier alpha value is -0.910. The zero-order valence-corrected chi connectivity index (χ0v) is 14.9. The molecule has 0 radical (unpaired) electrons. The zero-order chi connectivity index (χ0) is 15.2. The molecule has 0 bridgehead atoms. The van der Waals surface area contributed by atoms with Crippen molar-refractivity contribution in [1.82, 2.24) is 5.32 Å². The largest absolute Gasteiger partial charge is 0.383 e. The van der Waals surface area contributed by atoms with Crippen molar-refractivity contribution in [1.29, 1.82) is 0 Å². The molecule has 0 heterocycles. The van der Waals surface area contributed by atoms with Gasteiger partial charge in [0.25, 0.3) is 5.91 Å². The third-order valence-corrected chi connectivity index (χ3v) is 4.18. The molecule has 2 rings (SSSR count). The molecule has 2 aromatic carbocycles. The highest BCUT2D eigenvalue weighted by Gasteiger charge is 2.13. The number of methoxy groups -OCH3 is 1. The molecule has 0 aliphatic heterocycles. The molecular weight excluding hydrogens is 398 g/mol. The summed E-state index contributed by atoms with van der Waals surface area (Å²) in [6, 6.07) is 11.8. The van der Waals surface area contributed by atoms with Crippen molar-refractivity contribution in [3.8, 4) is 0 Å². The van der Waals surface area contributed by atoms with E-state index in [0.717, 1.165) is 27.0 Å². The van der Waals surface area contributed by atoms with Crippen molar-refractivity contribution in [3.05, 3.63) is 46.4 Å². The van der Waals surface area contributed by atoms with E-state index in [1.807, 2.05) is 36.4 Å². The molecule has 1 amide bonds. The number of halogens is 2. The molecule has 1 atom stereocenters. The van der Waals surface area contributed by atoms with Crippen LogP contribution in [0, 0.1) is 0 Å². The molecule has 2 aromatic rings. The van der Waals surface area contributed by atoms with Crippen LogP contribution in [-0.4, -0.2) is 31.0 Å². The minimum Gasteiger partial charge on any atom is -0.383 e. The fraction of sp³-hybridized carbons (Fsp3) is 0.312. The average molecular weight is 415 g/mol. The Morgan fingerprint density at radius 2 is 1.95 bits per heavy atom. The van der Waals surface area contributed by atoms with Crippen LogP contribution in [0.3, 0.4) is 0 Å². The smallest absolute Gasteiger partial charge is 0.251 e. The monoisotopic (exact) mass is 413 g/mol.